The average Bonchev–Trinajstić information content (AvgIpc) is 2.95. The molecule has 0 radical (unpaired) electrons. The topological polar surface area (TPSA) is 86.9 Å². The quantitative estimate of drug-likeness (QED) is 0.734. The molecule has 0 atom stereocenters. The van der Waals surface area contributed by atoms with Gasteiger partial charge in [0.1, 0.15) is 0 Å². The van der Waals surface area contributed by atoms with Crippen LogP contribution in [0.15, 0.2) is 29.0 Å². The number of nitrogens with zero attached hydrogens (tertiary/aromatic N) is 6. The molecule has 0 aliphatic carbocycles. The van der Waals surface area contributed by atoms with E-state index in [4.69, 9.17) is 5.11 Å². The van der Waals surface area contributed by atoms with E-state index < -0.39 is 6.09 Å². The lowest BCUT2D eigenvalue weighted by Gasteiger charge is -2.43. The number of amides is 1. The number of aromatic nitrogens is 4. The highest BCUT2D eigenvalue weighted by molar-refractivity contribution is 9.10. The summed E-state index contributed by atoms with van der Waals surface area (Å²) >= 11 is 3.42. The van der Waals surface area contributed by atoms with Gasteiger partial charge in [-0.1, -0.05) is 0 Å². The monoisotopic (exact) mass is 376 g/mol. The van der Waals surface area contributed by atoms with Gasteiger partial charge in [-0.25, -0.2) is 9.78 Å². The maximum absolute atomic E-state index is 11.0. The van der Waals surface area contributed by atoms with Crippen LogP contribution in [0.1, 0.15) is 0 Å². The maximum Gasteiger partial charge on any atom is 0.407 e. The van der Waals surface area contributed by atoms with E-state index in [1.807, 2.05) is 17.0 Å². The van der Waals surface area contributed by atoms with Crippen molar-refractivity contribution in [3.8, 4) is 0 Å². The summed E-state index contributed by atoms with van der Waals surface area (Å²) in [6, 6.07) is 3.85. The number of hydrogen-bond acceptors (Lipinski definition) is 5. The molecular weight excluding hydrogens is 364 g/mol. The summed E-state index contributed by atoms with van der Waals surface area (Å²) in [5, 5.41) is 14.3. The first kappa shape index (κ1) is 14.2. The van der Waals surface area contributed by atoms with Crippen molar-refractivity contribution in [2.45, 2.75) is 6.04 Å². The molecule has 1 N–H and O–H groups in total. The summed E-state index contributed by atoms with van der Waals surface area (Å²) in [4.78, 5) is 23.3. The summed E-state index contributed by atoms with van der Waals surface area (Å²) in [7, 11) is 1.58. The number of carboxylic acid groups (broad SMARTS) is 1. The Hall–Kier alpha value is -2.42. The predicted octanol–water partition coefficient (Wildman–Crippen LogP) is 1.84. The number of halogens is 1. The molecule has 8 nitrogen and oxygen atoms in total. The zero-order chi connectivity index (χ0) is 16.1. The molecule has 1 aliphatic heterocycles. The van der Waals surface area contributed by atoms with Gasteiger partial charge in [0, 0.05) is 36.2 Å². The summed E-state index contributed by atoms with van der Waals surface area (Å²) in [5.41, 5.74) is 1.57. The van der Waals surface area contributed by atoms with Gasteiger partial charge in [0.15, 0.2) is 5.65 Å². The minimum atomic E-state index is -0.920. The average molecular weight is 377 g/mol. The van der Waals surface area contributed by atoms with E-state index in [0.717, 1.165) is 15.4 Å². The molecule has 0 unspecified atom stereocenters. The number of anilines is 1. The molecule has 1 saturated heterocycles. The highest BCUT2D eigenvalue weighted by Crippen LogP contribution is 2.27. The van der Waals surface area contributed by atoms with Crippen LogP contribution in [0.2, 0.25) is 0 Å². The van der Waals surface area contributed by atoms with E-state index in [1.54, 1.807) is 24.0 Å². The van der Waals surface area contributed by atoms with Gasteiger partial charge in [0.2, 0.25) is 5.95 Å². The van der Waals surface area contributed by atoms with Crippen molar-refractivity contribution < 1.29 is 9.90 Å². The number of carbonyl (C=O) groups is 1. The van der Waals surface area contributed by atoms with Crippen molar-refractivity contribution in [1.82, 2.24) is 24.5 Å². The minimum absolute atomic E-state index is 0.0338. The summed E-state index contributed by atoms with van der Waals surface area (Å²) < 4.78 is 2.66. The van der Waals surface area contributed by atoms with Crippen LogP contribution in [-0.2, 0) is 0 Å². The largest absolute Gasteiger partial charge is 0.465 e. The van der Waals surface area contributed by atoms with Gasteiger partial charge in [0.05, 0.1) is 17.8 Å². The normalized spacial score (nSPS) is 15.1. The Labute approximate surface area is 139 Å². The molecule has 4 heterocycles. The molecule has 1 amide bonds. The molecule has 118 valence electrons. The van der Waals surface area contributed by atoms with Crippen molar-refractivity contribution in [2.24, 2.45) is 0 Å². The second-order valence-electron chi connectivity index (χ2n) is 5.52. The van der Waals surface area contributed by atoms with Gasteiger partial charge in [0.25, 0.3) is 0 Å². The van der Waals surface area contributed by atoms with E-state index in [2.05, 4.69) is 31.0 Å². The molecule has 1 aliphatic rings. The zero-order valence-corrected chi connectivity index (χ0v) is 13.8. The fourth-order valence-electron chi connectivity index (χ4n) is 2.74. The second-order valence-corrected chi connectivity index (χ2v) is 6.43. The van der Waals surface area contributed by atoms with Crippen LogP contribution in [0.4, 0.5) is 10.7 Å². The van der Waals surface area contributed by atoms with Crippen LogP contribution in [0.3, 0.4) is 0 Å². The van der Waals surface area contributed by atoms with Crippen molar-refractivity contribution in [1.29, 1.82) is 0 Å². The first-order valence-corrected chi connectivity index (χ1v) is 7.83. The summed E-state index contributed by atoms with van der Waals surface area (Å²) in [6.07, 6.45) is 2.52. The van der Waals surface area contributed by atoms with Crippen LogP contribution in [-0.4, -0.2) is 61.9 Å². The van der Waals surface area contributed by atoms with Crippen molar-refractivity contribution in [3.63, 3.8) is 0 Å². The number of pyridine rings is 1. The molecule has 3 aromatic heterocycles. The first-order chi connectivity index (χ1) is 11.0. The molecular formula is C14H13BrN6O2. The molecule has 0 aromatic carbocycles. The van der Waals surface area contributed by atoms with E-state index in [-0.39, 0.29) is 6.04 Å². The van der Waals surface area contributed by atoms with Crippen LogP contribution in [0, 0.1) is 0 Å². The summed E-state index contributed by atoms with van der Waals surface area (Å²) in [5.74, 6) is 0.683. The Balaban J connectivity index is 1.75. The predicted molar refractivity (Wildman–Crippen MR) is 87.8 cm³/mol. The smallest absolute Gasteiger partial charge is 0.407 e. The molecule has 0 saturated carbocycles. The van der Waals surface area contributed by atoms with Crippen LogP contribution in [0.25, 0.3) is 16.6 Å². The lowest BCUT2D eigenvalue weighted by molar-refractivity contribution is 0.129. The lowest BCUT2D eigenvalue weighted by atomic mass is 10.1. The van der Waals surface area contributed by atoms with E-state index in [0.29, 0.717) is 24.7 Å². The fourth-order valence-corrected chi connectivity index (χ4v) is 3.07. The van der Waals surface area contributed by atoms with Crippen LogP contribution >= 0.6 is 15.9 Å². The zero-order valence-electron chi connectivity index (χ0n) is 12.2. The van der Waals surface area contributed by atoms with Gasteiger partial charge in [-0.15, -0.1) is 0 Å². The fraction of sp³-hybridized carbons (Fsp3) is 0.286. The Morgan fingerprint density at radius 1 is 1.48 bits per heavy atom. The molecule has 4 rings (SSSR count). The molecule has 1 fully saturated rings. The third kappa shape index (κ3) is 2.19. The molecule has 0 bridgehead atoms. The van der Waals surface area contributed by atoms with E-state index in [9.17, 15) is 4.79 Å². The number of hydrogen-bond donors (Lipinski definition) is 1. The molecule has 0 spiro atoms. The van der Waals surface area contributed by atoms with Crippen molar-refractivity contribution in [3.05, 3.63) is 29.0 Å². The standard InChI is InChI=1S/C14H13BrN6O2/c1-19(14(22)23)9-6-20(7-9)13-18-12-10(4-8(15)5-16-12)11-2-3-17-21(11)13/h2-5,9H,6-7H2,1H3,(H,22,23). The second kappa shape index (κ2) is 5.05. The Bertz CT molecular complexity index is 920. The van der Waals surface area contributed by atoms with Crippen molar-refractivity contribution >= 4 is 44.5 Å². The van der Waals surface area contributed by atoms with Crippen molar-refractivity contribution in [2.75, 3.05) is 25.0 Å². The number of rotatable bonds is 2. The van der Waals surface area contributed by atoms with Crippen LogP contribution < -0.4 is 4.90 Å². The van der Waals surface area contributed by atoms with Gasteiger partial charge >= 0.3 is 6.09 Å². The van der Waals surface area contributed by atoms with Crippen LogP contribution in [0.5, 0.6) is 0 Å². The van der Waals surface area contributed by atoms with Gasteiger partial charge in [-0.05, 0) is 28.1 Å². The highest BCUT2D eigenvalue weighted by Gasteiger charge is 2.34. The minimum Gasteiger partial charge on any atom is -0.465 e. The Kier molecular flexibility index (Phi) is 3.12. The molecule has 23 heavy (non-hydrogen) atoms. The Morgan fingerprint density at radius 3 is 3.00 bits per heavy atom. The van der Waals surface area contributed by atoms with Gasteiger partial charge in [-0.3, -0.25) is 0 Å². The highest BCUT2D eigenvalue weighted by atomic mass is 79.9. The maximum atomic E-state index is 11.0. The third-order valence-corrected chi connectivity index (χ3v) is 4.58. The van der Waals surface area contributed by atoms with Gasteiger partial charge < -0.3 is 14.9 Å². The number of fused-ring (bicyclic) bond motifs is 3. The summed E-state index contributed by atoms with van der Waals surface area (Å²) in [6.45, 7) is 1.18. The molecule has 3 aromatic rings. The van der Waals surface area contributed by atoms with E-state index >= 15 is 0 Å². The number of likely N-dealkylation sites (N-methyl/N-ethyl adjacent to an activating group) is 1. The Morgan fingerprint density at radius 2 is 2.26 bits per heavy atom. The SMILES string of the molecule is CN(C(=O)O)C1CN(c2nc3ncc(Br)cc3c3ccnn23)C1. The molecule has 9 heteroatoms. The van der Waals surface area contributed by atoms with Gasteiger partial charge in [-0.2, -0.15) is 14.6 Å². The third-order valence-electron chi connectivity index (χ3n) is 4.14. The van der Waals surface area contributed by atoms with E-state index in [1.165, 1.54) is 4.90 Å². The lowest BCUT2D eigenvalue weighted by Crippen LogP contribution is -2.60. The first-order valence-electron chi connectivity index (χ1n) is 7.04.